The molecule has 1 unspecified atom stereocenters. The van der Waals surface area contributed by atoms with E-state index in [0.29, 0.717) is 0 Å². The Hall–Kier alpha value is -2.38. The van der Waals surface area contributed by atoms with E-state index >= 15 is 0 Å². The van der Waals surface area contributed by atoms with Crippen molar-refractivity contribution in [2.24, 2.45) is 0 Å². The third kappa shape index (κ3) is 3.34. The maximum Gasteiger partial charge on any atom is 0.396 e. The van der Waals surface area contributed by atoms with Gasteiger partial charge in [-0.15, -0.1) is 0 Å². The average Bonchev–Trinajstić information content (AvgIpc) is 2.34. The van der Waals surface area contributed by atoms with Crippen LogP contribution in [0.15, 0.2) is 39.9 Å². The lowest BCUT2D eigenvalue weighted by atomic mass is 9.95. The Labute approximate surface area is 110 Å². The van der Waals surface area contributed by atoms with Gasteiger partial charge in [0.1, 0.15) is 5.82 Å². The van der Waals surface area contributed by atoms with E-state index in [-0.39, 0.29) is 11.4 Å². The standard InChI is InChI=1S/C12H10F3N3O2/c13-12(14,15)8(7-4-2-1-3-5-7)6-9-16-10(19)18-11(20)17-9/h1-5,8H,6H2,(H2,16,17,18,19,20). The number of benzene rings is 1. The minimum absolute atomic E-state index is 0.0444. The van der Waals surface area contributed by atoms with Gasteiger partial charge in [-0.1, -0.05) is 30.3 Å². The van der Waals surface area contributed by atoms with Gasteiger partial charge < -0.3 is 0 Å². The summed E-state index contributed by atoms with van der Waals surface area (Å²) in [6.45, 7) is 0. The van der Waals surface area contributed by atoms with Gasteiger partial charge in [0.15, 0.2) is 0 Å². The molecule has 0 fully saturated rings. The van der Waals surface area contributed by atoms with Crippen molar-refractivity contribution in [3.63, 3.8) is 0 Å². The second-order valence-corrected chi connectivity index (χ2v) is 4.15. The zero-order valence-electron chi connectivity index (χ0n) is 10.1. The van der Waals surface area contributed by atoms with Crippen molar-refractivity contribution in [1.29, 1.82) is 0 Å². The molecule has 1 atom stereocenters. The number of nitrogens with zero attached hydrogens (tertiary/aromatic N) is 1. The number of nitrogens with one attached hydrogen (secondary N) is 2. The maximum atomic E-state index is 13.1. The fourth-order valence-corrected chi connectivity index (χ4v) is 1.84. The fourth-order valence-electron chi connectivity index (χ4n) is 1.84. The van der Waals surface area contributed by atoms with E-state index in [1.165, 1.54) is 24.3 Å². The van der Waals surface area contributed by atoms with Crippen LogP contribution in [0.4, 0.5) is 13.2 Å². The molecular formula is C12H10F3N3O2. The molecule has 0 aliphatic carbocycles. The highest BCUT2D eigenvalue weighted by Gasteiger charge is 2.41. The predicted molar refractivity (Wildman–Crippen MR) is 64.4 cm³/mol. The van der Waals surface area contributed by atoms with Crippen molar-refractivity contribution in [2.45, 2.75) is 18.5 Å². The van der Waals surface area contributed by atoms with Gasteiger partial charge in [-0.3, -0.25) is 9.97 Å². The van der Waals surface area contributed by atoms with Crippen molar-refractivity contribution in [2.75, 3.05) is 0 Å². The van der Waals surface area contributed by atoms with E-state index in [0.717, 1.165) is 0 Å². The molecule has 0 saturated heterocycles. The molecule has 2 aromatic rings. The summed E-state index contributed by atoms with van der Waals surface area (Å²) in [4.78, 5) is 29.3. The first-order valence-electron chi connectivity index (χ1n) is 5.67. The number of hydrogen-bond acceptors (Lipinski definition) is 3. The van der Waals surface area contributed by atoms with Crippen molar-refractivity contribution in [1.82, 2.24) is 15.0 Å². The van der Waals surface area contributed by atoms with Gasteiger partial charge in [-0.25, -0.2) is 9.59 Å². The van der Waals surface area contributed by atoms with E-state index < -0.39 is 29.9 Å². The summed E-state index contributed by atoms with van der Waals surface area (Å²) < 4.78 is 39.3. The second-order valence-electron chi connectivity index (χ2n) is 4.15. The van der Waals surface area contributed by atoms with Crippen LogP contribution in [0, 0.1) is 0 Å². The Morgan fingerprint density at radius 2 is 1.75 bits per heavy atom. The zero-order valence-corrected chi connectivity index (χ0v) is 10.1. The van der Waals surface area contributed by atoms with Crippen LogP contribution in [-0.2, 0) is 6.42 Å². The number of alkyl halides is 3. The van der Waals surface area contributed by atoms with Crippen LogP contribution < -0.4 is 11.4 Å². The zero-order chi connectivity index (χ0) is 14.8. The molecule has 1 heterocycles. The van der Waals surface area contributed by atoms with Crippen LogP contribution in [-0.4, -0.2) is 21.1 Å². The van der Waals surface area contributed by atoms with Crippen LogP contribution in [0.3, 0.4) is 0 Å². The number of aromatic amines is 2. The van der Waals surface area contributed by atoms with E-state index in [1.807, 2.05) is 0 Å². The van der Waals surface area contributed by atoms with Crippen molar-refractivity contribution in [3.8, 4) is 0 Å². The summed E-state index contributed by atoms with van der Waals surface area (Å²) in [5.74, 6) is -2.14. The van der Waals surface area contributed by atoms with Gasteiger partial charge in [0.2, 0.25) is 0 Å². The molecule has 0 spiro atoms. The van der Waals surface area contributed by atoms with Crippen LogP contribution in [0.1, 0.15) is 17.3 Å². The lowest BCUT2D eigenvalue weighted by molar-refractivity contribution is -0.150. The topological polar surface area (TPSA) is 78.6 Å². The summed E-state index contributed by atoms with van der Waals surface area (Å²) in [5.41, 5.74) is -1.81. The maximum absolute atomic E-state index is 13.1. The lowest BCUT2D eigenvalue weighted by Crippen LogP contribution is -2.30. The van der Waals surface area contributed by atoms with Crippen LogP contribution >= 0.6 is 0 Å². The molecule has 0 amide bonds. The summed E-state index contributed by atoms with van der Waals surface area (Å²) >= 11 is 0. The third-order valence-electron chi connectivity index (χ3n) is 2.71. The average molecular weight is 285 g/mol. The molecule has 1 aromatic carbocycles. The molecule has 0 bridgehead atoms. The fraction of sp³-hybridized carbons (Fsp3) is 0.250. The summed E-state index contributed by atoms with van der Waals surface area (Å²) in [6, 6.07) is 7.25. The van der Waals surface area contributed by atoms with Gasteiger partial charge in [0.05, 0.1) is 5.92 Å². The van der Waals surface area contributed by atoms with Gasteiger partial charge in [0.25, 0.3) is 0 Å². The highest BCUT2D eigenvalue weighted by Crippen LogP contribution is 2.36. The Morgan fingerprint density at radius 1 is 1.10 bits per heavy atom. The summed E-state index contributed by atoms with van der Waals surface area (Å²) in [6.07, 6.45) is -5.12. The molecule has 106 valence electrons. The lowest BCUT2D eigenvalue weighted by Gasteiger charge is -2.19. The van der Waals surface area contributed by atoms with Crippen LogP contribution in [0.2, 0.25) is 0 Å². The number of H-pyrrole nitrogens is 2. The quantitative estimate of drug-likeness (QED) is 0.893. The Bertz CT molecular complexity index is 663. The third-order valence-corrected chi connectivity index (χ3v) is 2.71. The van der Waals surface area contributed by atoms with Gasteiger partial charge >= 0.3 is 17.6 Å². The van der Waals surface area contributed by atoms with Crippen LogP contribution in [0.5, 0.6) is 0 Å². The first kappa shape index (κ1) is 14.0. The molecule has 0 saturated carbocycles. The van der Waals surface area contributed by atoms with E-state index in [9.17, 15) is 22.8 Å². The predicted octanol–water partition coefficient (Wildman–Crippen LogP) is 1.35. The monoisotopic (exact) mass is 285 g/mol. The minimum atomic E-state index is -4.51. The van der Waals surface area contributed by atoms with Crippen molar-refractivity contribution >= 4 is 0 Å². The molecule has 20 heavy (non-hydrogen) atoms. The largest absolute Gasteiger partial charge is 0.396 e. The van der Waals surface area contributed by atoms with Gasteiger partial charge in [0, 0.05) is 6.42 Å². The first-order chi connectivity index (χ1) is 9.36. The van der Waals surface area contributed by atoms with E-state index in [2.05, 4.69) is 9.97 Å². The Kier molecular flexibility index (Phi) is 3.73. The Morgan fingerprint density at radius 3 is 2.30 bits per heavy atom. The highest BCUT2D eigenvalue weighted by atomic mass is 19.4. The normalized spacial score (nSPS) is 13.2. The highest BCUT2D eigenvalue weighted by molar-refractivity contribution is 5.22. The molecule has 8 heteroatoms. The molecule has 5 nitrogen and oxygen atoms in total. The van der Waals surface area contributed by atoms with Crippen molar-refractivity contribution in [3.05, 3.63) is 62.7 Å². The molecule has 0 radical (unpaired) electrons. The SMILES string of the molecule is O=c1nc(CC(c2ccccc2)C(F)(F)F)[nH]c(=O)[nH]1. The van der Waals surface area contributed by atoms with Gasteiger partial charge in [-0.2, -0.15) is 18.2 Å². The Balaban J connectivity index is 2.39. The van der Waals surface area contributed by atoms with Crippen LogP contribution in [0.25, 0.3) is 0 Å². The van der Waals surface area contributed by atoms with Crippen molar-refractivity contribution < 1.29 is 13.2 Å². The van der Waals surface area contributed by atoms with E-state index in [4.69, 9.17) is 0 Å². The molecule has 2 N–H and O–H groups in total. The summed E-state index contributed by atoms with van der Waals surface area (Å²) in [7, 11) is 0. The first-order valence-corrected chi connectivity index (χ1v) is 5.67. The minimum Gasteiger partial charge on any atom is -0.295 e. The molecule has 0 aliphatic rings. The number of rotatable bonds is 3. The second kappa shape index (κ2) is 5.32. The smallest absolute Gasteiger partial charge is 0.295 e. The number of halogens is 3. The molecule has 0 aliphatic heterocycles. The molecular weight excluding hydrogens is 275 g/mol. The molecule has 1 aromatic heterocycles. The molecule has 2 rings (SSSR count). The summed E-state index contributed by atoms with van der Waals surface area (Å²) in [5, 5.41) is 0. The van der Waals surface area contributed by atoms with Gasteiger partial charge in [-0.05, 0) is 5.56 Å². The van der Waals surface area contributed by atoms with E-state index in [1.54, 1.807) is 11.1 Å². The number of aromatic nitrogens is 3. The number of hydrogen-bond donors (Lipinski definition) is 2.